The van der Waals surface area contributed by atoms with E-state index in [1.807, 2.05) is 0 Å². The molecule has 0 radical (unpaired) electrons. The topological polar surface area (TPSA) is 3.24 Å². The summed E-state index contributed by atoms with van der Waals surface area (Å²) >= 11 is 0. The zero-order valence-corrected chi connectivity index (χ0v) is 16.5. The molecule has 29 heavy (non-hydrogen) atoms. The van der Waals surface area contributed by atoms with Gasteiger partial charge < -0.3 is 0 Å². The third-order valence-corrected chi connectivity index (χ3v) is 6.00. The van der Waals surface area contributed by atoms with Crippen LogP contribution in [0.4, 0.5) is 0 Å². The molecule has 142 valence electrons. The Kier molecular flexibility index (Phi) is 4.98. The molecule has 1 heterocycles. The average Bonchev–Trinajstić information content (AvgIpc) is 2.80. The second kappa shape index (κ2) is 8.06. The van der Waals surface area contributed by atoms with Crippen molar-refractivity contribution in [3.63, 3.8) is 0 Å². The number of nitrogens with zero attached hydrogens (tertiary/aromatic N) is 1. The Hall–Kier alpha value is -3.16. The summed E-state index contributed by atoms with van der Waals surface area (Å²) in [5.74, 6) is 0.312. The fourth-order valence-electron chi connectivity index (χ4n) is 4.73. The molecule has 0 aromatic heterocycles. The molecule has 0 spiro atoms. The molecule has 5 rings (SSSR count). The molecule has 2 atom stereocenters. The fraction of sp³-hybridized carbons (Fsp3) is 0.143. The molecule has 0 saturated heterocycles. The number of fused-ring (bicyclic) bond motifs is 1. The van der Waals surface area contributed by atoms with E-state index >= 15 is 0 Å². The van der Waals surface area contributed by atoms with E-state index in [1.165, 1.54) is 27.8 Å². The smallest absolute Gasteiger partial charge is 0.0464 e. The molecule has 0 amide bonds. The van der Waals surface area contributed by atoms with Crippen molar-refractivity contribution in [2.45, 2.75) is 25.0 Å². The highest BCUT2D eigenvalue weighted by Gasteiger charge is 2.36. The van der Waals surface area contributed by atoms with Crippen LogP contribution in [-0.4, -0.2) is 4.90 Å². The van der Waals surface area contributed by atoms with Gasteiger partial charge in [-0.1, -0.05) is 115 Å². The average molecular weight is 376 g/mol. The van der Waals surface area contributed by atoms with Crippen molar-refractivity contribution in [3.05, 3.63) is 143 Å². The quantitative estimate of drug-likeness (QED) is 0.390. The van der Waals surface area contributed by atoms with Crippen molar-refractivity contribution >= 4 is 0 Å². The highest BCUT2D eigenvalue weighted by atomic mass is 15.2. The largest absolute Gasteiger partial charge is 0.287 e. The molecule has 1 nitrogen and oxygen atoms in total. The summed E-state index contributed by atoms with van der Waals surface area (Å²) in [7, 11) is 0. The molecule has 1 heteroatoms. The van der Waals surface area contributed by atoms with E-state index < -0.39 is 0 Å². The van der Waals surface area contributed by atoms with Crippen molar-refractivity contribution < 1.29 is 0 Å². The maximum atomic E-state index is 2.64. The van der Waals surface area contributed by atoms with Crippen LogP contribution in [0.15, 0.2) is 115 Å². The monoisotopic (exact) mass is 375 g/mol. The molecular formula is C28H25N. The molecular weight excluding hydrogens is 350 g/mol. The van der Waals surface area contributed by atoms with E-state index in [0.717, 1.165) is 13.1 Å². The van der Waals surface area contributed by atoms with Gasteiger partial charge in [-0.15, -0.1) is 0 Å². The van der Waals surface area contributed by atoms with Crippen LogP contribution in [-0.2, 0) is 13.1 Å². The minimum atomic E-state index is 0.300. The minimum absolute atomic E-state index is 0.300. The van der Waals surface area contributed by atoms with Gasteiger partial charge in [0, 0.05) is 25.0 Å². The lowest BCUT2D eigenvalue weighted by Crippen LogP contribution is -2.37. The van der Waals surface area contributed by atoms with Crippen molar-refractivity contribution in [2.24, 2.45) is 0 Å². The van der Waals surface area contributed by atoms with Gasteiger partial charge in [0.25, 0.3) is 0 Å². The van der Waals surface area contributed by atoms with Gasteiger partial charge in [-0.25, -0.2) is 0 Å². The molecule has 0 bridgehead atoms. The van der Waals surface area contributed by atoms with Gasteiger partial charge in [0.15, 0.2) is 0 Å². The van der Waals surface area contributed by atoms with Gasteiger partial charge in [0.1, 0.15) is 0 Å². The highest BCUT2D eigenvalue weighted by molar-refractivity contribution is 5.44. The van der Waals surface area contributed by atoms with E-state index in [0.29, 0.717) is 12.0 Å². The summed E-state index contributed by atoms with van der Waals surface area (Å²) in [5.41, 5.74) is 7.01. The van der Waals surface area contributed by atoms with E-state index in [2.05, 4.69) is 120 Å². The molecule has 0 N–H and O–H groups in total. The molecule has 0 aliphatic carbocycles. The summed E-state index contributed by atoms with van der Waals surface area (Å²) in [6.07, 6.45) is 0. The molecule has 4 aromatic carbocycles. The zero-order chi connectivity index (χ0) is 19.5. The number of hydrogen-bond acceptors (Lipinski definition) is 1. The van der Waals surface area contributed by atoms with E-state index in [1.54, 1.807) is 0 Å². The summed E-state index contributed by atoms with van der Waals surface area (Å²) in [5, 5.41) is 0. The lowest BCUT2D eigenvalue weighted by atomic mass is 9.76. The maximum absolute atomic E-state index is 2.64. The van der Waals surface area contributed by atoms with Crippen LogP contribution in [0.25, 0.3) is 0 Å². The summed E-state index contributed by atoms with van der Waals surface area (Å²) in [4.78, 5) is 2.64. The van der Waals surface area contributed by atoms with Gasteiger partial charge in [-0.2, -0.15) is 0 Å². The Bertz CT molecular complexity index is 1060. The van der Waals surface area contributed by atoms with E-state index in [-0.39, 0.29) is 0 Å². The lowest BCUT2D eigenvalue weighted by Gasteiger charge is -2.43. The van der Waals surface area contributed by atoms with Crippen molar-refractivity contribution in [2.75, 3.05) is 0 Å². The van der Waals surface area contributed by atoms with Crippen LogP contribution in [0, 0.1) is 0 Å². The summed E-state index contributed by atoms with van der Waals surface area (Å²) in [6, 6.07) is 42.1. The molecule has 0 fully saturated rings. The number of benzene rings is 4. The van der Waals surface area contributed by atoms with Gasteiger partial charge in [0.05, 0.1) is 0 Å². The molecule has 4 aromatic rings. The fourth-order valence-corrected chi connectivity index (χ4v) is 4.73. The first kappa shape index (κ1) is 17.9. The Balaban J connectivity index is 1.66. The SMILES string of the molecule is c1ccc(CN2Cc3ccccc3[C@@H](c3ccccc3)[C@@H]2c2ccccc2)cc1. The van der Waals surface area contributed by atoms with Crippen molar-refractivity contribution in [1.29, 1.82) is 0 Å². The van der Waals surface area contributed by atoms with Gasteiger partial charge in [-0.05, 0) is 27.8 Å². The standard InChI is InChI=1S/C28H25N/c1-4-12-22(13-5-1)20-29-21-25-18-10-11-19-26(25)27(23-14-6-2-7-15-23)28(29)24-16-8-3-9-17-24/h1-19,27-28H,20-21H2/t27-,28+/m1/s1. The lowest BCUT2D eigenvalue weighted by molar-refractivity contribution is 0.147. The Labute approximate surface area is 173 Å². The number of hydrogen-bond donors (Lipinski definition) is 0. The van der Waals surface area contributed by atoms with Crippen molar-refractivity contribution in [3.8, 4) is 0 Å². The van der Waals surface area contributed by atoms with Gasteiger partial charge in [0.2, 0.25) is 0 Å². The Morgan fingerprint density at radius 1 is 0.586 bits per heavy atom. The first-order valence-electron chi connectivity index (χ1n) is 10.4. The van der Waals surface area contributed by atoms with Gasteiger partial charge >= 0.3 is 0 Å². The molecule has 0 unspecified atom stereocenters. The second-order valence-corrected chi connectivity index (χ2v) is 7.83. The first-order chi connectivity index (χ1) is 14.4. The Morgan fingerprint density at radius 2 is 1.14 bits per heavy atom. The normalized spacial score (nSPS) is 18.9. The third kappa shape index (κ3) is 3.62. The predicted octanol–water partition coefficient (Wildman–Crippen LogP) is 6.58. The molecule has 1 aliphatic heterocycles. The number of rotatable bonds is 4. The van der Waals surface area contributed by atoms with Crippen LogP contribution in [0.1, 0.15) is 39.8 Å². The third-order valence-electron chi connectivity index (χ3n) is 6.00. The Morgan fingerprint density at radius 3 is 1.83 bits per heavy atom. The van der Waals surface area contributed by atoms with Crippen LogP contribution in [0.5, 0.6) is 0 Å². The summed E-state index contributed by atoms with van der Waals surface area (Å²) < 4.78 is 0. The zero-order valence-electron chi connectivity index (χ0n) is 16.5. The molecule has 0 saturated carbocycles. The van der Waals surface area contributed by atoms with Crippen LogP contribution in [0.3, 0.4) is 0 Å². The first-order valence-corrected chi connectivity index (χ1v) is 10.4. The summed E-state index contributed by atoms with van der Waals surface area (Å²) in [6.45, 7) is 1.91. The predicted molar refractivity (Wildman–Crippen MR) is 120 cm³/mol. The minimum Gasteiger partial charge on any atom is -0.287 e. The second-order valence-electron chi connectivity index (χ2n) is 7.83. The van der Waals surface area contributed by atoms with Crippen LogP contribution >= 0.6 is 0 Å². The van der Waals surface area contributed by atoms with E-state index in [4.69, 9.17) is 0 Å². The van der Waals surface area contributed by atoms with E-state index in [9.17, 15) is 0 Å². The van der Waals surface area contributed by atoms with Crippen molar-refractivity contribution in [1.82, 2.24) is 4.90 Å². The molecule has 1 aliphatic rings. The van der Waals surface area contributed by atoms with Crippen LogP contribution in [0.2, 0.25) is 0 Å². The highest BCUT2D eigenvalue weighted by Crippen LogP contribution is 2.46. The maximum Gasteiger partial charge on any atom is 0.0464 e. The van der Waals surface area contributed by atoms with Gasteiger partial charge in [-0.3, -0.25) is 4.90 Å². The van der Waals surface area contributed by atoms with Crippen LogP contribution < -0.4 is 0 Å².